The van der Waals surface area contributed by atoms with Crippen molar-refractivity contribution >= 4 is 17.8 Å². The Kier molecular flexibility index (Phi) is 6.23. The molecular formula is C16H18O4. The Hall–Kier alpha value is -2.36. The van der Waals surface area contributed by atoms with Crippen LogP contribution in [0.15, 0.2) is 48.2 Å². The summed E-state index contributed by atoms with van der Waals surface area (Å²) >= 11 is 0. The number of ketones is 1. The van der Waals surface area contributed by atoms with Crippen molar-refractivity contribution in [2.45, 2.75) is 6.92 Å². The summed E-state index contributed by atoms with van der Waals surface area (Å²) in [6.45, 7) is 1.64. The van der Waals surface area contributed by atoms with Crippen LogP contribution in [-0.2, 0) is 19.1 Å². The van der Waals surface area contributed by atoms with Gasteiger partial charge in [-0.25, -0.2) is 4.79 Å². The molecule has 0 radical (unpaired) electrons. The van der Waals surface area contributed by atoms with Crippen LogP contribution in [0.4, 0.5) is 0 Å². The third kappa shape index (κ3) is 4.39. The molecule has 0 saturated heterocycles. The first kappa shape index (κ1) is 15.7. The molecule has 1 aromatic carbocycles. The zero-order valence-electron chi connectivity index (χ0n) is 11.8. The molecule has 0 aliphatic rings. The lowest BCUT2D eigenvalue weighted by Gasteiger charge is -2.10. The molecule has 0 N–H and O–H groups in total. The van der Waals surface area contributed by atoms with Crippen LogP contribution in [0, 0.1) is 5.92 Å². The predicted octanol–water partition coefficient (Wildman–Crippen LogP) is 2.61. The Morgan fingerprint density at radius 1 is 1.15 bits per heavy atom. The number of esters is 1. The van der Waals surface area contributed by atoms with Gasteiger partial charge in [0.05, 0.1) is 32.0 Å². The summed E-state index contributed by atoms with van der Waals surface area (Å²) in [4.78, 5) is 23.6. The van der Waals surface area contributed by atoms with E-state index < -0.39 is 11.9 Å². The van der Waals surface area contributed by atoms with E-state index in [1.54, 1.807) is 13.0 Å². The normalized spacial score (nSPS) is 13.1. The van der Waals surface area contributed by atoms with Crippen LogP contribution < -0.4 is 0 Å². The van der Waals surface area contributed by atoms with Crippen molar-refractivity contribution in [3.63, 3.8) is 0 Å². The molecule has 0 aliphatic carbocycles. The summed E-state index contributed by atoms with van der Waals surface area (Å²) in [6, 6.07) is 9.45. The van der Waals surface area contributed by atoms with E-state index in [1.165, 1.54) is 26.6 Å². The molecule has 106 valence electrons. The van der Waals surface area contributed by atoms with Gasteiger partial charge in [0.15, 0.2) is 5.78 Å². The second-order valence-corrected chi connectivity index (χ2v) is 4.17. The molecule has 4 heteroatoms. The molecule has 1 rings (SSSR count). The average Bonchev–Trinajstić information content (AvgIpc) is 2.49. The smallest absolute Gasteiger partial charge is 0.337 e. The first-order chi connectivity index (χ1) is 9.60. The van der Waals surface area contributed by atoms with Crippen LogP contribution in [0.25, 0.3) is 6.08 Å². The van der Waals surface area contributed by atoms with Crippen LogP contribution in [0.1, 0.15) is 12.5 Å². The largest absolute Gasteiger partial charge is 0.504 e. The average molecular weight is 274 g/mol. The van der Waals surface area contributed by atoms with E-state index in [-0.39, 0.29) is 11.4 Å². The number of allylic oxidation sites excluding steroid dienone is 1. The number of rotatable bonds is 6. The SMILES string of the molecule is CO/C=C(/C(=O)OC)[C@H](C)C(=O)/C=C/c1ccccc1. The predicted molar refractivity (Wildman–Crippen MR) is 76.8 cm³/mol. The second kappa shape index (κ2) is 7.94. The summed E-state index contributed by atoms with van der Waals surface area (Å²) in [5.41, 5.74) is 1.11. The highest BCUT2D eigenvalue weighted by molar-refractivity contribution is 6.03. The van der Waals surface area contributed by atoms with E-state index >= 15 is 0 Å². The Labute approximate surface area is 118 Å². The van der Waals surface area contributed by atoms with E-state index in [0.717, 1.165) is 5.56 Å². The number of hydrogen-bond acceptors (Lipinski definition) is 4. The zero-order chi connectivity index (χ0) is 15.0. The maximum absolute atomic E-state index is 12.1. The number of carbonyl (C=O) groups is 2. The summed E-state index contributed by atoms with van der Waals surface area (Å²) in [7, 11) is 2.68. The Morgan fingerprint density at radius 2 is 1.80 bits per heavy atom. The molecule has 0 aliphatic heterocycles. The van der Waals surface area contributed by atoms with Gasteiger partial charge in [-0.2, -0.15) is 0 Å². The topological polar surface area (TPSA) is 52.6 Å². The first-order valence-electron chi connectivity index (χ1n) is 6.18. The molecule has 0 unspecified atom stereocenters. The van der Waals surface area contributed by atoms with E-state index in [0.29, 0.717) is 0 Å². The van der Waals surface area contributed by atoms with Gasteiger partial charge < -0.3 is 9.47 Å². The highest BCUT2D eigenvalue weighted by Crippen LogP contribution is 2.15. The lowest BCUT2D eigenvalue weighted by atomic mass is 9.96. The van der Waals surface area contributed by atoms with Gasteiger partial charge >= 0.3 is 5.97 Å². The Balaban J connectivity index is 2.82. The van der Waals surface area contributed by atoms with Gasteiger partial charge in [-0.1, -0.05) is 43.3 Å². The van der Waals surface area contributed by atoms with E-state index in [1.807, 2.05) is 30.3 Å². The van der Waals surface area contributed by atoms with Crippen molar-refractivity contribution in [3.05, 3.63) is 53.8 Å². The quantitative estimate of drug-likeness (QED) is 0.454. The van der Waals surface area contributed by atoms with E-state index in [2.05, 4.69) is 4.74 Å². The van der Waals surface area contributed by atoms with Crippen molar-refractivity contribution in [1.29, 1.82) is 0 Å². The summed E-state index contributed by atoms with van der Waals surface area (Å²) in [5.74, 6) is -1.38. The maximum Gasteiger partial charge on any atom is 0.337 e. The van der Waals surface area contributed by atoms with E-state index in [4.69, 9.17) is 4.74 Å². The van der Waals surface area contributed by atoms with Crippen LogP contribution in [0.3, 0.4) is 0 Å². The number of methoxy groups -OCH3 is 2. The number of hydrogen-bond donors (Lipinski definition) is 0. The molecule has 0 heterocycles. The Morgan fingerprint density at radius 3 is 2.35 bits per heavy atom. The fraction of sp³-hybridized carbons (Fsp3) is 0.250. The van der Waals surface area contributed by atoms with Gasteiger partial charge in [0.1, 0.15) is 0 Å². The highest BCUT2D eigenvalue weighted by Gasteiger charge is 2.23. The minimum Gasteiger partial charge on any atom is -0.504 e. The molecule has 1 atom stereocenters. The fourth-order valence-electron chi connectivity index (χ4n) is 1.61. The van der Waals surface area contributed by atoms with Crippen LogP contribution in [0.2, 0.25) is 0 Å². The van der Waals surface area contributed by atoms with Crippen molar-refractivity contribution in [2.24, 2.45) is 5.92 Å². The molecule has 4 nitrogen and oxygen atoms in total. The molecule has 0 saturated carbocycles. The molecule has 20 heavy (non-hydrogen) atoms. The Bertz CT molecular complexity index is 515. The third-order valence-corrected chi connectivity index (χ3v) is 2.80. The lowest BCUT2D eigenvalue weighted by molar-refractivity contribution is -0.137. The van der Waals surface area contributed by atoms with Crippen LogP contribution >= 0.6 is 0 Å². The van der Waals surface area contributed by atoms with Crippen molar-refractivity contribution < 1.29 is 19.1 Å². The first-order valence-corrected chi connectivity index (χ1v) is 6.18. The van der Waals surface area contributed by atoms with Gasteiger partial charge in [0, 0.05) is 0 Å². The van der Waals surface area contributed by atoms with Gasteiger partial charge in [0.25, 0.3) is 0 Å². The van der Waals surface area contributed by atoms with Crippen molar-refractivity contribution in [1.82, 2.24) is 0 Å². The molecule has 0 amide bonds. The second-order valence-electron chi connectivity index (χ2n) is 4.17. The molecule has 0 spiro atoms. The van der Waals surface area contributed by atoms with Gasteiger partial charge in [-0.3, -0.25) is 4.79 Å². The number of ether oxygens (including phenoxy) is 2. The van der Waals surface area contributed by atoms with Gasteiger partial charge in [-0.05, 0) is 11.6 Å². The van der Waals surface area contributed by atoms with Gasteiger partial charge in [0.2, 0.25) is 0 Å². The standard InChI is InChI=1S/C16H18O4/c1-12(14(11-19-2)16(18)20-3)15(17)10-9-13-7-5-4-6-8-13/h4-12H,1-3H3/b10-9+,14-11+/t12-/m0/s1. The van der Waals surface area contributed by atoms with Crippen molar-refractivity contribution in [3.8, 4) is 0 Å². The zero-order valence-corrected chi connectivity index (χ0v) is 11.8. The summed E-state index contributed by atoms with van der Waals surface area (Å²) in [5, 5.41) is 0. The van der Waals surface area contributed by atoms with Crippen LogP contribution in [-0.4, -0.2) is 26.0 Å². The fourth-order valence-corrected chi connectivity index (χ4v) is 1.61. The van der Waals surface area contributed by atoms with Gasteiger partial charge in [-0.15, -0.1) is 0 Å². The molecule has 0 bridgehead atoms. The monoisotopic (exact) mass is 274 g/mol. The number of benzene rings is 1. The molecule has 1 aromatic rings. The van der Waals surface area contributed by atoms with Crippen LogP contribution in [0.5, 0.6) is 0 Å². The third-order valence-electron chi connectivity index (χ3n) is 2.80. The summed E-state index contributed by atoms with van der Waals surface area (Å²) < 4.78 is 9.46. The minimum atomic E-state index is -0.623. The number of carbonyl (C=O) groups excluding carboxylic acids is 2. The summed E-state index contributed by atoms with van der Waals surface area (Å²) in [6.07, 6.45) is 4.40. The maximum atomic E-state index is 12.1. The highest BCUT2D eigenvalue weighted by atomic mass is 16.5. The minimum absolute atomic E-state index is 0.192. The van der Waals surface area contributed by atoms with Crippen molar-refractivity contribution in [2.75, 3.05) is 14.2 Å². The van der Waals surface area contributed by atoms with E-state index in [9.17, 15) is 9.59 Å². The lowest BCUT2D eigenvalue weighted by Crippen LogP contribution is -2.19. The molecule has 0 fully saturated rings. The molecular weight excluding hydrogens is 256 g/mol. The molecule has 0 aromatic heterocycles.